The monoisotopic (exact) mass is 328 g/mol. The fraction of sp³-hybridized carbons (Fsp3) is 0.526. The lowest BCUT2D eigenvalue weighted by atomic mass is 9.97. The molecule has 3 rings (SSSR count). The van der Waals surface area contributed by atoms with E-state index in [1.807, 2.05) is 11.7 Å². The van der Waals surface area contributed by atoms with Gasteiger partial charge in [0, 0.05) is 45.0 Å². The highest BCUT2D eigenvalue weighted by atomic mass is 16.3. The first-order valence-electron chi connectivity index (χ1n) is 8.91. The third kappa shape index (κ3) is 3.73. The predicted molar refractivity (Wildman–Crippen MR) is 98.4 cm³/mol. The van der Waals surface area contributed by atoms with Crippen molar-refractivity contribution in [1.29, 1.82) is 0 Å². The minimum Gasteiger partial charge on any atom is -0.396 e. The molecule has 5 heteroatoms. The fourth-order valence-corrected chi connectivity index (χ4v) is 3.47. The molecule has 0 aliphatic carbocycles. The topological polar surface area (TPSA) is 53.3 Å². The molecule has 1 aromatic carbocycles. The molecule has 24 heavy (non-hydrogen) atoms. The van der Waals surface area contributed by atoms with Crippen LogP contribution in [0.1, 0.15) is 31.0 Å². The van der Waals surface area contributed by atoms with Gasteiger partial charge in [0.25, 0.3) is 0 Å². The summed E-state index contributed by atoms with van der Waals surface area (Å²) in [7, 11) is 1.97. The van der Waals surface area contributed by atoms with Gasteiger partial charge in [0.1, 0.15) is 0 Å². The normalized spacial score (nSPS) is 15.7. The summed E-state index contributed by atoms with van der Waals surface area (Å²) < 4.78 is 1.89. The van der Waals surface area contributed by atoms with Gasteiger partial charge in [-0.1, -0.05) is 19.1 Å². The van der Waals surface area contributed by atoms with Crippen LogP contribution >= 0.6 is 0 Å². The number of nitrogens with one attached hydrogen (secondary N) is 1. The highest BCUT2D eigenvalue weighted by Crippen LogP contribution is 2.30. The molecule has 0 saturated carbocycles. The van der Waals surface area contributed by atoms with Crippen LogP contribution in [0.15, 0.2) is 30.5 Å². The van der Waals surface area contributed by atoms with Gasteiger partial charge in [0.05, 0.1) is 17.1 Å². The first-order chi connectivity index (χ1) is 11.7. The van der Waals surface area contributed by atoms with Crippen LogP contribution in [0, 0.1) is 5.92 Å². The van der Waals surface area contributed by atoms with Crippen molar-refractivity contribution in [2.45, 2.75) is 32.7 Å². The van der Waals surface area contributed by atoms with Crippen molar-refractivity contribution < 1.29 is 5.11 Å². The first kappa shape index (κ1) is 16.8. The lowest BCUT2D eigenvalue weighted by molar-refractivity contribution is 0.203. The van der Waals surface area contributed by atoms with Crippen LogP contribution in [0.5, 0.6) is 0 Å². The number of aromatic nitrogens is 2. The zero-order valence-corrected chi connectivity index (χ0v) is 14.7. The predicted octanol–water partition coefficient (Wildman–Crippen LogP) is 2.80. The minimum atomic E-state index is 0.314. The Morgan fingerprint density at radius 3 is 2.71 bits per heavy atom. The highest BCUT2D eigenvalue weighted by Gasteiger charge is 2.20. The number of benzene rings is 1. The molecule has 1 saturated heterocycles. The second kappa shape index (κ2) is 7.71. The van der Waals surface area contributed by atoms with Crippen molar-refractivity contribution in [1.82, 2.24) is 9.78 Å². The maximum Gasteiger partial charge on any atom is 0.0671 e. The summed E-state index contributed by atoms with van der Waals surface area (Å²) in [5.41, 5.74) is 4.85. The van der Waals surface area contributed by atoms with E-state index in [1.54, 1.807) is 0 Å². The van der Waals surface area contributed by atoms with Crippen LogP contribution in [0.4, 0.5) is 11.4 Å². The van der Waals surface area contributed by atoms with Crippen molar-refractivity contribution >= 4 is 11.4 Å². The molecule has 5 nitrogen and oxygen atoms in total. The molecule has 0 atom stereocenters. The third-order valence-corrected chi connectivity index (χ3v) is 4.91. The SMILES string of the molecule is CCc1nn(C)cc1CNc1ccccc1N1CCC(CO)CC1. The van der Waals surface area contributed by atoms with Gasteiger partial charge in [-0.25, -0.2) is 0 Å². The zero-order chi connectivity index (χ0) is 16.9. The maximum absolute atomic E-state index is 9.33. The number of hydrogen-bond acceptors (Lipinski definition) is 4. The number of aliphatic hydroxyl groups excluding tert-OH is 1. The van der Waals surface area contributed by atoms with Gasteiger partial charge in [-0.15, -0.1) is 0 Å². The number of piperidine rings is 1. The lowest BCUT2D eigenvalue weighted by Gasteiger charge is -2.34. The first-order valence-corrected chi connectivity index (χ1v) is 8.91. The molecule has 0 spiro atoms. The van der Waals surface area contributed by atoms with Gasteiger partial charge >= 0.3 is 0 Å². The molecule has 0 unspecified atom stereocenters. The molecule has 2 N–H and O–H groups in total. The summed E-state index contributed by atoms with van der Waals surface area (Å²) in [6.45, 7) is 5.27. The van der Waals surface area contributed by atoms with E-state index in [1.165, 1.54) is 16.9 Å². The van der Waals surface area contributed by atoms with Gasteiger partial charge in [-0.05, 0) is 37.3 Å². The zero-order valence-electron chi connectivity index (χ0n) is 14.7. The number of aryl methyl sites for hydroxylation is 2. The Morgan fingerprint density at radius 2 is 2.00 bits per heavy atom. The van der Waals surface area contributed by atoms with Crippen LogP contribution in [0.2, 0.25) is 0 Å². The molecule has 1 fully saturated rings. The number of hydrogen-bond donors (Lipinski definition) is 2. The van der Waals surface area contributed by atoms with E-state index in [9.17, 15) is 5.11 Å². The van der Waals surface area contributed by atoms with E-state index in [2.05, 4.69) is 52.7 Å². The van der Waals surface area contributed by atoms with E-state index in [-0.39, 0.29) is 0 Å². The van der Waals surface area contributed by atoms with E-state index in [0.717, 1.165) is 44.6 Å². The molecule has 2 heterocycles. The maximum atomic E-state index is 9.33. The molecule has 0 radical (unpaired) electrons. The Morgan fingerprint density at radius 1 is 1.25 bits per heavy atom. The second-order valence-electron chi connectivity index (χ2n) is 6.61. The molecular formula is C19H28N4O. The third-order valence-electron chi connectivity index (χ3n) is 4.91. The average molecular weight is 328 g/mol. The Kier molecular flexibility index (Phi) is 5.41. The Labute approximate surface area is 144 Å². The van der Waals surface area contributed by atoms with E-state index >= 15 is 0 Å². The summed E-state index contributed by atoms with van der Waals surface area (Å²) in [5.74, 6) is 0.462. The smallest absolute Gasteiger partial charge is 0.0671 e. The highest BCUT2D eigenvalue weighted by molar-refractivity contribution is 5.70. The molecule has 1 aromatic heterocycles. The Bertz CT molecular complexity index is 659. The van der Waals surface area contributed by atoms with Crippen molar-refractivity contribution in [2.75, 3.05) is 29.9 Å². The number of para-hydroxylation sites is 2. The van der Waals surface area contributed by atoms with Gasteiger partial charge in [-0.3, -0.25) is 4.68 Å². The molecule has 130 valence electrons. The standard InChI is InChI=1S/C19H28N4O/c1-3-17-16(13-22(2)21-17)12-20-18-6-4-5-7-19(18)23-10-8-15(14-24)9-11-23/h4-7,13,15,20,24H,3,8-12,14H2,1-2H3. The fourth-order valence-electron chi connectivity index (χ4n) is 3.47. The largest absolute Gasteiger partial charge is 0.396 e. The number of anilines is 2. The van der Waals surface area contributed by atoms with Crippen LogP contribution in [-0.2, 0) is 20.0 Å². The number of rotatable bonds is 6. The van der Waals surface area contributed by atoms with Crippen LogP contribution < -0.4 is 10.2 Å². The van der Waals surface area contributed by atoms with Gasteiger partial charge in [0.2, 0.25) is 0 Å². The molecule has 0 bridgehead atoms. The number of nitrogens with zero attached hydrogens (tertiary/aromatic N) is 3. The molecular weight excluding hydrogens is 300 g/mol. The summed E-state index contributed by atoms with van der Waals surface area (Å²) >= 11 is 0. The van der Waals surface area contributed by atoms with Crippen molar-refractivity contribution in [2.24, 2.45) is 13.0 Å². The summed E-state index contributed by atoms with van der Waals surface area (Å²) in [4.78, 5) is 2.43. The van der Waals surface area contributed by atoms with Gasteiger partial charge in [-0.2, -0.15) is 5.10 Å². The quantitative estimate of drug-likeness (QED) is 0.856. The number of aliphatic hydroxyl groups is 1. The molecule has 1 aliphatic heterocycles. The van der Waals surface area contributed by atoms with Crippen LogP contribution in [0.25, 0.3) is 0 Å². The van der Waals surface area contributed by atoms with E-state index in [0.29, 0.717) is 12.5 Å². The molecule has 1 aliphatic rings. The van der Waals surface area contributed by atoms with Crippen LogP contribution in [-0.4, -0.2) is 34.6 Å². The Hall–Kier alpha value is -2.01. The van der Waals surface area contributed by atoms with E-state index < -0.39 is 0 Å². The summed E-state index contributed by atoms with van der Waals surface area (Å²) in [6.07, 6.45) is 5.18. The van der Waals surface area contributed by atoms with E-state index in [4.69, 9.17) is 0 Å². The minimum absolute atomic E-state index is 0.314. The Balaban J connectivity index is 1.70. The van der Waals surface area contributed by atoms with Crippen molar-refractivity contribution in [3.63, 3.8) is 0 Å². The van der Waals surface area contributed by atoms with Crippen LogP contribution in [0.3, 0.4) is 0 Å². The second-order valence-corrected chi connectivity index (χ2v) is 6.61. The average Bonchev–Trinajstić information content (AvgIpc) is 3.00. The summed E-state index contributed by atoms with van der Waals surface area (Å²) in [6, 6.07) is 8.51. The lowest BCUT2D eigenvalue weighted by Crippen LogP contribution is -2.35. The van der Waals surface area contributed by atoms with Crippen molar-refractivity contribution in [3.05, 3.63) is 41.7 Å². The van der Waals surface area contributed by atoms with Gasteiger partial charge < -0.3 is 15.3 Å². The summed E-state index contributed by atoms with van der Waals surface area (Å²) in [5, 5.41) is 17.4. The van der Waals surface area contributed by atoms with Gasteiger partial charge in [0.15, 0.2) is 0 Å². The molecule has 2 aromatic rings. The molecule has 0 amide bonds. The van der Waals surface area contributed by atoms with Crippen molar-refractivity contribution in [3.8, 4) is 0 Å².